The van der Waals surface area contributed by atoms with E-state index in [1.807, 2.05) is 18.2 Å². The molecule has 2 saturated carbocycles. The van der Waals surface area contributed by atoms with E-state index in [1.165, 1.54) is 27.8 Å². The molecule has 4 aliphatic rings. The van der Waals surface area contributed by atoms with Crippen molar-refractivity contribution in [1.29, 1.82) is 0 Å². The molecule has 2 amide bonds. The van der Waals surface area contributed by atoms with Gasteiger partial charge >= 0.3 is 0 Å². The lowest BCUT2D eigenvalue weighted by Crippen LogP contribution is -2.60. The highest BCUT2D eigenvalue weighted by molar-refractivity contribution is 6.00. The largest absolute Gasteiger partial charge is 0.489 e. The summed E-state index contributed by atoms with van der Waals surface area (Å²) >= 11 is 0. The molecule has 4 heteroatoms. The predicted octanol–water partition coefficient (Wildman–Crippen LogP) is 8.94. The maximum atomic E-state index is 14.5. The zero-order valence-corrected chi connectivity index (χ0v) is 28.5. The van der Waals surface area contributed by atoms with Gasteiger partial charge in [-0.15, -0.1) is 0 Å². The lowest BCUT2D eigenvalue weighted by Gasteiger charge is -2.56. The molecule has 0 spiro atoms. The Morgan fingerprint density at radius 1 is 0.717 bits per heavy atom. The van der Waals surface area contributed by atoms with Gasteiger partial charge in [-0.3, -0.25) is 14.9 Å². The van der Waals surface area contributed by atoms with Crippen molar-refractivity contribution in [3.05, 3.63) is 100 Å². The molecule has 3 aromatic carbocycles. The van der Waals surface area contributed by atoms with E-state index >= 15 is 0 Å². The molecule has 0 unspecified atom stereocenters. The molecular weight excluding hydrogens is 566 g/mol. The van der Waals surface area contributed by atoms with Crippen LogP contribution in [-0.2, 0) is 39.9 Å². The van der Waals surface area contributed by atoms with E-state index in [2.05, 4.69) is 88.5 Å². The van der Waals surface area contributed by atoms with Crippen LogP contribution in [0.2, 0.25) is 0 Å². The first-order valence-corrected chi connectivity index (χ1v) is 17.7. The Labute approximate surface area is 275 Å². The van der Waals surface area contributed by atoms with Gasteiger partial charge in [-0.25, -0.2) is 0 Å². The van der Waals surface area contributed by atoms with Crippen molar-refractivity contribution in [2.24, 2.45) is 22.7 Å². The first kappa shape index (κ1) is 31.2. The lowest BCUT2D eigenvalue weighted by molar-refractivity contribution is -0.150. The highest BCUT2D eigenvalue weighted by Gasteiger charge is 2.58. The fourth-order valence-corrected chi connectivity index (χ4v) is 10.8. The Balaban J connectivity index is 1.12. The van der Waals surface area contributed by atoms with Gasteiger partial charge < -0.3 is 4.74 Å². The van der Waals surface area contributed by atoms with Gasteiger partial charge in [0.25, 0.3) is 0 Å². The lowest BCUT2D eigenvalue weighted by atomic mass is 9.49. The molecule has 6 atom stereocenters. The van der Waals surface area contributed by atoms with Gasteiger partial charge in [-0.05, 0) is 121 Å². The first-order valence-electron chi connectivity index (χ1n) is 17.7. The van der Waals surface area contributed by atoms with Gasteiger partial charge in [0.1, 0.15) is 12.4 Å². The molecule has 1 N–H and O–H groups in total. The molecule has 0 radical (unpaired) electrons. The number of benzene rings is 3. The molecule has 3 aromatic rings. The van der Waals surface area contributed by atoms with E-state index in [-0.39, 0.29) is 34.5 Å². The minimum atomic E-state index is -0.605. The number of amides is 2. The van der Waals surface area contributed by atoms with Crippen LogP contribution in [0.5, 0.6) is 5.75 Å². The Kier molecular flexibility index (Phi) is 7.73. The van der Waals surface area contributed by atoms with Gasteiger partial charge in [-0.1, -0.05) is 101 Å². The first-order chi connectivity index (χ1) is 22.0. The van der Waals surface area contributed by atoms with Crippen molar-refractivity contribution in [2.75, 3.05) is 0 Å². The Bertz CT molecular complexity index is 1660. The molecule has 0 aliphatic heterocycles. The van der Waals surface area contributed by atoms with Crippen molar-refractivity contribution >= 4 is 11.8 Å². The standard InChI is InChI=1S/C42H51NO3/c1-28-13-14-30-16-19-35-39(2,33(30)25-28)21-9-23-41(35,4)37(44)43-38(45)42(5)24-10-22-40(3)34-26-32(18-15-31(34)17-20-36(40)42)46-27-29-11-7-6-8-12-29/h6-8,11-15,18,25-26,35-36H,9-10,16-17,19-24,27H2,1-5H3,(H,43,44,45)/t35-,36-,39-,40-,41+,42+/m1/s1. The van der Waals surface area contributed by atoms with Crippen molar-refractivity contribution in [3.63, 3.8) is 0 Å². The van der Waals surface area contributed by atoms with E-state index < -0.39 is 10.8 Å². The van der Waals surface area contributed by atoms with Gasteiger partial charge in [0.2, 0.25) is 11.8 Å². The van der Waals surface area contributed by atoms with Crippen molar-refractivity contribution in [2.45, 2.75) is 116 Å². The number of rotatable bonds is 5. The van der Waals surface area contributed by atoms with E-state index in [0.29, 0.717) is 6.61 Å². The van der Waals surface area contributed by atoms with Crippen LogP contribution in [0.3, 0.4) is 0 Å². The summed E-state index contributed by atoms with van der Waals surface area (Å²) in [4.78, 5) is 28.9. The normalized spacial score (nSPS) is 33.1. The summed E-state index contributed by atoms with van der Waals surface area (Å²) in [5.74, 6) is 1.15. The number of ether oxygens (including phenoxy) is 1. The highest BCUT2D eigenvalue weighted by Crippen LogP contribution is 2.59. The van der Waals surface area contributed by atoms with E-state index in [1.54, 1.807) is 0 Å². The van der Waals surface area contributed by atoms with Crippen molar-refractivity contribution in [3.8, 4) is 5.75 Å². The summed E-state index contributed by atoms with van der Waals surface area (Å²) in [6, 6.07) is 23.7. The summed E-state index contributed by atoms with van der Waals surface area (Å²) in [5, 5.41) is 3.11. The Morgan fingerprint density at radius 3 is 1.85 bits per heavy atom. The van der Waals surface area contributed by atoms with Gasteiger partial charge in [0.15, 0.2) is 0 Å². The topological polar surface area (TPSA) is 55.4 Å². The zero-order chi connectivity index (χ0) is 32.3. The van der Waals surface area contributed by atoms with Crippen molar-refractivity contribution < 1.29 is 14.3 Å². The number of imide groups is 1. The van der Waals surface area contributed by atoms with Crippen LogP contribution in [0, 0.1) is 29.6 Å². The third-order valence-electron chi connectivity index (χ3n) is 13.4. The van der Waals surface area contributed by atoms with Gasteiger partial charge in [0, 0.05) is 0 Å². The maximum Gasteiger partial charge on any atom is 0.232 e. The molecule has 0 heterocycles. The summed E-state index contributed by atoms with van der Waals surface area (Å²) in [5.41, 5.74) is 6.62. The highest BCUT2D eigenvalue weighted by atomic mass is 16.5. The molecule has 46 heavy (non-hydrogen) atoms. The number of aryl methyl sites for hydroxylation is 3. The van der Waals surface area contributed by atoms with E-state index in [4.69, 9.17) is 4.74 Å². The molecule has 0 bridgehead atoms. The monoisotopic (exact) mass is 617 g/mol. The Hall–Kier alpha value is -3.40. The summed E-state index contributed by atoms with van der Waals surface area (Å²) in [6.07, 6.45) is 9.66. The van der Waals surface area contributed by atoms with Crippen LogP contribution >= 0.6 is 0 Å². The minimum absolute atomic E-state index is 0.0479. The number of carbonyl (C=O) groups excluding carboxylic acids is 2. The van der Waals surface area contributed by atoms with Crippen LogP contribution in [0.1, 0.15) is 112 Å². The molecule has 4 aliphatic carbocycles. The van der Waals surface area contributed by atoms with Crippen LogP contribution in [0.25, 0.3) is 0 Å². The van der Waals surface area contributed by atoms with E-state index in [9.17, 15) is 9.59 Å². The third kappa shape index (κ3) is 4.93. The number of hydrogen-bond acceptors (Lipinski definition) is 3. The smallest absolute Gasteiger partial charge is 0.232 e. The number of nitrogens with one attached hydrogen (secondary N) is 1. The van der Waals surface area contributed by atoms with Crippen LogP contribution in [0.15, 0.2) is 66.7 Å². The summed E-state index contributed by atoms with van der Waals surface area (Å²) < 4.78 is 6.27. The van der Waals surface area contributed by atoms with Gasteiger partial charge in [0.05, 0.1) is 10.8 Å². The number of carbonyl (C=O) groups is 2. The number of fused-ring (bicyclic) bond motifs is 6. The zero-order valence-electron chi connectivity index (χ0n) is 28.5. The average Bonchev–Trinajstić information content (AvgIpc) is 3.04. The third-order valence-corrected chi connectivity index (χ3v) is 13.4. The molecule has 0 aromatic heterocycles. The van der Waals surface area contributed by atoms with Crippen LogP contribution in [-0.4, -0.2) is 11.8 Å². The average molecular weight is 618 g/mol. The quantitative estimate of drug-likeness (QED) is 0.291. The van der Waals surface area contributed by atoms with Crippen LogP contribution in [0.4, 0.5) is 0 Å². The summed E-state index contributed by atoms with van der Waals surface area (Å²) in [7, 11) is 0. The molecule has 2 fully saturated rings. The fraction of sp³-hybridized carbons (Fsp3) is 0.524. The molecule has 4 nitrogen and oxygen atoms in total. The second-order valence-corrected chi connectivity index (χ2v) is 16.1. The second kappa shape index (κ2) is 11.4. The van der Waals surface area contributed by atoms with Gasteiger partial charge in [-0.2, -0.15) is 0 Å². The molecular formula is C42H51NO3. The van der Waals surface area contributed by atoms with E-state index in [0.717, 1.165) is 75.5 Å². The molecule has 242 valence electrons. The number of hydrogen-bond donors (Lipinski definition) is 1. The minimum Gasteiger partial charge on any atom is -0.489 e. The fourth-order valence-electron chi connectivity index (χ4n) is 10.8. The van der Waals surface area contributed by atoms with Crippen molar-refractivity contribution in [1.82, 2.24) is 5.32 Å². The predicted molar refractivity (Wildman–Crippen MR) is 184 cm³/mol. The molecule has 7 rings (SSSR count). The molecule has 0 saturated heterocycles. The Morgan fingerprint density at radius 2 is 1.26 bits per heavy atom. The SMILES string of the molecule is Cc1ccc2c(c1)[C@@]1(C)CCC[C@](C)(C(=O)NC(=O)[C@@]3(C)CCC[C@]4(C)c5cc(OCc6ccccc6)ccc5CC[C@@H]34)[C@@H]1CC2. The summed E-state index contributed by atoms with van der Waals surface area (Å²) in [6.45, 7) is 11.7. The van der Waals surface area contributed by atoms with Crippen LogP contribution < -0.4 is 10.1 Å². The second-order valence-electron chi connectivity index (χ2n) is 16.1. The maximum absolute atomic E-state index is 14.5.